The lowest BCUT2D eigenvalue weighted by Crippen LogP contribution is -2.37. The van der Waals surface area contributed by atoms with Crippen LogP contribution in [0.5, 0.6) is 23.0 Å². The molecule has 0 spiro atoms. The van der Waals surface area contributed by atoms with Gasteiger partial charge in [0.15, 0.2) is 34.6 Å². The van der Waals surface area contributed by atoms with Gasteiger partial charge in [-0.2, -0.15) is 0 Å². The molecule has 4 aromatic rings. The maximum atomic E-state index is 13.8. The lowest BCUT2D eigenvalue weighted by atomic mass is 10.00. The molecule has 0 aromatic heterocycles. The van der Waals surface area contributed by atoms with E-state index in [1.54, 1.807) is 43.4 Å². The predicted molar refractivity (Wildman–Crippen MR) is 239 cm³/mol. The maximum absolute atomic E-state index is 13.8. The zero-order valence-corrected chi connectivity index (χ0v) is 36.4. The normalized spacial score (nSPS) is 14.5. The summed E-state index contributed by atoms with van der Waals surface area (Å²) >= 11 is 0. The summed E-state index contributed by atoms with van der Waals surface area (Å²) in [5.41, 5.74) is 10.7. The van der Waals surface area contributed by atoms with Crippen LogP contribution in [0, 0.1) is 17.0 Å². The van der Waals surface area contributed by atoms with E-state index < -0.39 is 11.7 Å². The molecule has 11 nitrogen and oxygen atoms in total. The van der Waals surface area contributed by atoms with Crippen molar-refractivity contribution in [3.8, 4) is 34.1 Å². The number of fused-ring (bicyclic) bond motifs is 2. The molecule has 0 atom stereocenters. The van der Waals surface area contributed by atoms with Gasteiger partial charge in [0.05, 0.1) is 0 Å². The molecule has 1 amide bonds. The second-order valence-corrected chi connectivity index (χ2v) is 14.3. The number of aryl methyl sites for hydroxylation is 2. The fraction of sp³-hybridized carbons (Fsp3) is 0.438. The van der Waals surface area contributed by atoms with Gasteiger partial charge in [0.25, 0.3) is 5.91 Å². The van der Waals surface area contributed by atoms with Gasteiger partial charge in [0, 0.05) is 30.1 Å². The molecule has 0 bridgehead atoms. The van der Waals surface area contributed by atoms with Crippen LogP contribution in [0.1, 0.15) is 80.4 Å². The number of Topliss-reactive ketones (excluding diaryl/α,β-unsaturated/α-hetero) is 1. The minimum absolute atomic E-state index is 0.269. The van der Waals surface area contributed by atoms with Crippen LogP contribution in [-0.4, -0.2) is 100 Å². The molecule has 4 aromatic carbocycles. The van der Waals surface area contributed by atoms with E-state index in [0.29, 0.717) is 37.9 Å². The second-order valence-electron chi connectivity index (χ2n) is 14.3. The molecule has 0 aliphatic carbocycles. The molecule has 8 rings (SSSR count). The van der Waals surface area contributed by atoms with Crippen molar-refractivity contribution in [2.45, 2.75) is 66.2 Å². The van der Waals surface area contributed by atoms with E-state index in [1.807, 2.05) is 58.0 Å². The van der Waals surface area contributed by atoms with Gasteiger partial charge in [-0.15, -0.1) is 0 Å². The number of benzene rings is 4. The Morgan fingerprint density at radius 3 is 1.56 bits per heavy atom. The zero-order valence-electron chi connectivity index (χ0n) is 36.4. The predicted octanol–water partition coefficient (Wildman–Crippen LogP) is 8.58. The first-order chi connectivity index (χ1) is 29.7. The van der Waals surface area contributed by atoms with Crippen molar-refractivity contribution in [3.05, 3.63) is 101 Å². The fourth-order valence-electron chi connectivity index (χ4n) is 6.89. The molecular weight excluding hydrogens is 781 g/mol. The Balaban J connectivity index is 0.000000194. The number of primary amides is 1. The fourth-order valence-corrected chi connectivity index (χ4v) is 6.89. The van der Waals surface area contributed by atoms with Gasteiger partial charge >= 0.3 is 0 Å². The quantitative estimate of drug-likeness (QED) is 0.0686. The lowest BCUT2D eigenvalue weighted by molar-refractivity contribution is -0.114. The summed E-state index contributed by atoms with van der Waals surface area (Å²) in [4.78, 5) is 27.2. The van der Waals surface area contributed by atoms with Crippen LogP contribution in [0.3, 0.4) is 0 Å². The molecule has 330 valence electrons. The standard InChI is InChI=1S/C16H15N3O2.2C14H18FNO2.2C2H6/c1-19-14-7-6-12(8-13(14)9-17)10-2-4-11(5-3-10)15(20)16(18)21;2*15-12-9-11(3-1-4-16-5-2-6-16)10-13-14(12)18-8-7-17-13;2*1-2/h2-9,17,19H,1H3,(H2,18,21);2*9-10H,1-8H2;2*1-2H3. The van der Waals surface area contributed by atoms with E-state index >= 15 is 0 Å². The summed E-state index contributed by atoms with van der Waals surface area (Å²) in [6.45, 7) is 17.0. The molecule has 0 saturated carbocycles. The van der Waals surface area contributed by atoms with Gasteiger partial charge in [-0.1, -0.05) is 58.0 Å². The highest BCUT2D eigenvalue weighted by Crippen LogP contribution is 2.35. The number of halogens is 2. The Kier molecular flexibility index (Phi) is 20.0. The molecule has 0 radical (unpaired) electrons. The summed E-state index contributed by atoms with van der Waals surface area (Å²) < 4.78 is 49.0. The number of hydrogen-bond acceptors (Lipinski definition) is 10. The Labute approximate surface area is 360 Å². The van der Waals surface area contributed by atoms with Crippen molar-refractivity contribution in [2.24, 2.45) is 5.73 Å². The van der Waals surface area contributed by atoms with Crippen LogP contribution in [-0.2, 0) is 17.6 Å². The monoisotopic (exact) mass is 843 g/mol. The highest BCUT2D eigenvalue weighted by Gasteiger charge is 2.20. The number of rotatable bonds is 13. The molecule has 61 heavy (non-hydrogen) atoms. The first kappa shape index (κ1) is 48.1. The Morgan fingerprint density at radius 1 is 0.689 bits per heavy atom. The van der Waals surface area contributed by atoms with Crippen LogP contribution < -0.4 is 30.0 Å². The molecule has 0 unspecified atom stereocenters. The lowest BCUT2D eigenvalue weighted by Gasteiger charge is -2.30. The molecule has 2 fully saturated rings. The maximum Gasteiger partial charge on any atom is 0.289 e. The first-order valence-corrected chi connectivity index (χ1v) is 21.6. The number of carbonyl (C=O) groups is 2. The third-order valence-corrected chi connectivity index (χ3v) is 10.3. The molecule has 13 heteroatoms. The van der Waals surface area contributed by atoms with Crippen LogP contribution in [0.2, 0.25) is 0 Å². The van der Waals surface area contributed by atoms with Crippen LogP contribution in [0.4, 0.5) is 14.5 Å². The summed E-state index contributed by atoms with van der Waals surface area (Å²) in [6.07, 6.45) is 7.84. The number of carbonyl (C=O) groups excluding carboxylic acids is 2. The van der Waals surface area contributed by atoms with Crippen LogP contribution in [0.25, 0.3) is 11.1 Å². The van der Waals surface area contributed by atoms with Crippen molar-refractivity contribution in [1.29, 1.82) is 5.41 Å². The molecule has 4 N–H and O–H groups in total. The van der Waals surface area contributed by atoms with Gasteiger partial charge in [0.2, 0.25) is 5.78 Å². The van der Waals surface area contributed by atoms with Gasteiger partial charge in [-0.25, -0.2) is 8.78 Å². The minimum Gasteiger partial charge on any atom is -0.486 e. The summed E-state index contributed by atoms with van der Waals surface area (Å²) in [7, 11) is 1.80. The molecule has 4 aliphatic heterocycles. The van der Waals surface area contributed by atoms with Gasteiger partial charge in [-0.05, 0) is 136 Å². The first-order valence-electron chi connectivity index (χ1n) is 21.6. The second kappa shape index (κ2) is 25.3. The van der Waals surface area contributed by atoms with Gasteiger partial charge in [0.1, 0.15) is 26.4 Å². The summed E-state index contributed by atoms with van der Waals surface area (Å²) in [6, 6.07) is 19.3. The highest BCUT2D eigenvalue weighted by atomic mass is 19.1. The number of nitrogens with one attached hydrogen (secondary N) is 2. The number of amides is 1. The summed E-state index contributed by atoms with van der Waals surface area (Å²) in [5, 5.41) is 10.4. The summed E-state index contributed by atoms with van der Waals surface area (Å²) in [5.74, 6) is -0.613. The van der Waals surface area contributed by atoms with Crippen molar-refractivity contribution < 1.29 is 37.3 Å². The van der Waals surface area contributed by atoms with E-state index in [-0.39, 0.29) is 28.7 Å². The smallest absolute Gasteiger partial charge is 0.289 e. The number of likely N-dealkylation sites (tertiary alicyclic amines) is 2. The van der Waals surface area contributed by atoms with Crippen molar-refractivity contribution in [3.63, 3.8) is 0 Å². The number of nitrogens with zero attached hydrogens (tertiary/aromatic N) is 2. The molecule has 4 aliphatic rings. The topological polar surface area (TPSA) is 139 Å². The highest BCUT2D eigenvalue weighted by molar-refractivity contribution is 6.42. The van der Waals surface area contributed by atoms with Gasteiger partial charge < -0.3 is 45.2 Å². The zero-order chi connectivity index (χ0) is 44.1. The van der Waals surface area contributed by atoms with Gasteiger partial charge in [-0.3, -0.25) is 9.59 Å². The van der Waals surface area contributed by atoms with E-state index in [2.05, 4.69) is 15.1 Å². The van der Waals surface area contributed by atoms with E-state index in [1.165, 1.54) is 45.2 Å². The molecular formula is C48H63F2N5O6. The Morgan fingerprint density at radius 2 is 1.15 bits per heavy atom. The van der Waals surface area contributed by atoms with Crippen molar-refractivity contribution in [1.82, 2.24) is 9.80 Å². The van der Waals surface area contributed by atoms with Crippen LogP contribution >= 0.6 is 0 Å². The van der Waals surface area contributed by atoms with E-state index in [4.69, 9.17) is 30.1 Å². The number of hydrogen-bond donors (Lipinski definition) is 3. The Bertz CT molecular complexity index is 1940. The Hall–Kier alpha value is -5.53. The van der Waals surface area contributed by atoms with Crippen molar-refractivity contribution >= 4 is 23.6 Å². The SMILES string of the molecule is CC.CC.CNc1ccc(-c2ccc(C(=O)C(N)=O)cc2)cc1C=N.Fc1cc(CCCN2CCC2)cc2c1OCCO2.Fc1cc(CCCN2CCC2)cc2c1OCCO2. The minimum atomic E-state index is -0.966. The third-order valence-electron chi connectivity index (χ3n) is 10.3. The van der Waals surface area contributed by atoms with Crippen molar-refractivity contribution in [2.75, 3.05) is 78.1 Å². The number of ketones is 1. The average molecular weight is 844 g/mol. The number of anilines is 1. The number of ether oxygens (including phenoxy) is 4. The van der Waals surface area contributed by atoms with Crippen LogP contribution in [0.15, 0.2) is 66.7 Å². The van der Waals surface area contributed by atoms with E-state index in [0.717, 1.165) is 72.3 Å². The van der Waals surface area contributed by atoms with E-state index in [9.17, 15) is 18.4 Å². The number of nitrogens with two attached hydrogens (primary N) is 1. The third kappa shape index (κ3) is 14.0. The average Bonchev–Trinajstić information content (AvgIpc) is 3.27. The molecule has 4 heterocycles. The largest absolute Gasteiger partial charge is 0.486 e. The molecule has 2 saturated heterocycles.